The molecular formula is C19H23BrN2O3S. The molecular weight excluding hydrogens is 416 g/mol. The van der Waals surface area contributed by atoms with E-state index in [1.54, 1.807) is 25.1 Å². The van der Waals surface area contributed by atoms with Crippen LogP contribution in [0.25, 0.3) is 0 Å². The molecule has 2 aromatic carbocycles. The highest BCUT2D eigenvalue weighted by atomic mass is 79.9. The Labute approximate surface area is 163 Å². The normalized spacial score (nSPS) is 12.5. The Bertz CT molecular complexity index is 922. The minimum atomic E-state index is -3.64. The third-order valence-corrected chi connectivity index (χ3v) is 6.11. The lowest BCUT2D eigenvalue weighted by Gasteiger charge is -2.29. The second-order valence-corrected chi connectivity index (χ2v) is 9.25. The summed E-state index contributed by atoms with van der Waals surface area (Å²) in [4.78, 5) is 12.7. The summed E-state index contributed by atoms with van der Waals surface area (Å²) in [5, 5.41) is 2.80. The van der Waals surface area contributed by atoms with Gasteiger partial charge in [-0.15, -0.1) is 0 Å². The van der Waals surface area contributed by atoms with Crippen molar-refractivity contribution in [2.24, 2.45) is 0 Å². The van der Waals surface area contributed by atoms with Crippen LogP contribution in [0, 0.1) is 20.8 Å². The third kappa shape index (κ3) is 4.86. The van der Waals surface area contributed by atoms with Gasteiger partial charge in [0.15, 0.2) is 0 Å². The molecule has 1 N–H and O–H groups in total. The average molecular weight is 439 g/mol. The average Bonchev–Trinajstić information content (AvgIpc) is 2.48. The van der Waals surface area contributed by atoms with Crippen molar-refractivity contribution in [3.63, 3.8) is 0 Å². The fourth-order valence-electron chi connectivity index (χ4n) is 2.86. The SMILES string of the molecule is Cc1cc(C)cc(N([C@H](C)C(=O)Nc2ccc(Br)c(C)c2)S(C)(=O)=O)c1. The predicted octanol–water partition coefficient (Wildman–Crippen LogP) is 4.17. The number of sulfonamides is 1. The highest BCUT2D eigenvalue weighted by Crippen LogP contribution is 2.25. The predicted molar refractivity (Wildman–Crippen MR) is 110 cm³/mol. The molecule has 1 amide bonds. The number of aryl methyl sites for hydroxylation is 3. The van der Waals surface area contributed by atoms with E-state index in [0.29, 0.717) is 11.4 Å². The molecule has 0 aliphatic carbocycles. The van der Waals surface area contributed by atoms with Gasteiger partial charge in [0.1, 0.15) is 6.04 Å². The maximum absolute atomic E-state index is 12.7. The quantitative estimate of drug-likeness (QED) is 0.761. The number of carbonyl (C=O) groups is 1. The summed E-state index contributed by atoms with van der Waals surface area (Å²) < 4.78 is 26.9. The first kappa shape index (κ1) is 20.5. The van der Waals surface area contributed by atoms with Gasteiger partial charge in [0.25, 0.3) is 0 Å². The molecule has 1 atom stereocenters. The van der Waals surface area contributed by atoms with E-state index < -0.39 is 22.0 Å². The van der Waals surface area contributed by atoms with Crippen molar-refractivity contribution in [3.05, 3.63) is 57.6 Å². The molecule has 0 saturated carbocycles. The fourth-order valence-corrected chi connectivity index (χ4v) is 4.26. The van der Waals surface area contributed by atoms with Crippen LogP contribution in [0.15, 0.2) is 40.9 Å². The molecule has 0 saturated heterocycles. The molecule has 140 valence electrons. The van der Waals surface area contributed by atoms with E-state index in [-0.39, 0.29) is 0 Å². The maximum Gasteiger partial charge on any atom is 0.247 e. The topological polar surface area (TPSA) is 66.5 Å². The first-order valence-corrected chi connectivity index (χ1v) is 10.8. The van der Waals surface area contributed by atoms with E-state index in [9.17, 15) is 13.2 Å². The highest BCUT2D eigenvalue weighted by Gasteiger charge is 2.29. The molecule has 0 aliphatic heterocycles. The zero-order chi connectivity index (χ0) is 19.6. The minimum absolute atomic E-state index is 0.392. The Morgan fingerprint density at radius 3 is 2.15 bits per heavy atom. The van der Waals surface area contributed by atoms with Crippen molar-refractivity contribution >= 4 is 43.2 Å². The summed E-state index contributed by atoms with van der Waals surface area (Å²) in [7, 11) is -3.64. The van der Waals surface area contributed by atoms with E-state index in [2.05, 4.69) is 21.2 Å². The number of benzene rings is 2. The van der Waals surface area contributed by atoms with Crippen LogP contribution < -0.4 is 9.62 Å². The number of rotatable bonds is 5. The summed E-state index contributed by atoms with van der Waals surface area (Å²) in [6.45, 7) is 7.29. The Kier molecular flexibility index (Phi) is 6.13. The highest BCUT2D eigenvalue weighted by molar-refractivity contribution is 9.10. The van der Waals surface area contributed by atoms with Crippen molar-refractivity contribution in [2.45, 2.75) is 33.7 Å². The van der Waals surface area contributed by atoms with Gasteiger partial charge in [-0.05, 0) is 74.7 Å². The molecule has 0 unspecified atom stereocenters. The second kappa shape index (κ2) is 7.80. The first-order chi connectivity index (χ1) is 12.0. The van der Waals surface area contributed by atoms with Gasteiger partial charge in [0, 0.05) is 10.2 Å². The van der Waals surface area contributed by atoms with Crippen LogP contribution in [-0.2, 0) is 14.8 Å². The van der Waals surface area contributed by atoms with Crippen LogP contribution in [0.4, 0.5) is 11.4 Å². The Morgan fingerprint density at radius 2 is 1.65 bits per heavy atom. The number of halogens is 1. The van der Waals surface area contributed by atoms with E-state index in [0.717, 1.165) is 31.7 Å². The van der Waals surface area contributed by atoms with Gasteiger partial charge in [-0.2, -0.15) is 0 Å². The van der Waals surface area contributed by atoms with Crippen molar-refractivity contribution in [3.8, 4) is 0 Å². The Balaban J connectivity index is 2.35. The zero-order valence-electron chi connectivity index (χ0n) is 15.5. The van der Waals surface area contributed by atoms with Crippen molar-refractivity contribution < 1.29 is 13.2 Å². The molecule has 0 aromatic heterocycles. The van der Waals surface area contributed by atoms with Crippen LogP contribution >= 0.6 is 15.9 Å². The molecule has 5 nitrogen and oxygen atoms in total. The van der Waals surface area contributed by atoms with Crippen LogP contribution in [-0.4, -0.2) is 26.6 Å². The minimum Gasteiger partial charge on any atom is -0.324 e. The number of amides is 1. The number of anilines is 2. The van der Waals surface area contributed by atoms with E-state index in [4.69, 9.17) is 0 Å². The largest absolute Gasteiger partial charge is 0.324 e. The van der Waals surface area contributed by atoms with Gasteiger partial charge >= 0.3 is 0 Å². The summed E-state index contributed by atoms with van der Waals surface area (Å²) >= 11 is 3.42. The molecule has 2 aromatic rings. The molecule has 26 heavy (non-hydrogen) atoms. The third-order valence-electron chi connectivity index (χ3n) is 3.97. The molecule has 0 fully saturated rings. The van der Waals surface area contributed by atoms with Crippen LogP contribution in [0.3, 0.4) is 0 Å². The Morgan fingerprint density at radius 1 is 1.08 bits per heavy atom. The lowest BCUT2D eigenvalue weighted by molar-refractivity contribution is -0.116. The monoisotopic (exact) mass is 438 g/mol. The number of hydrogen-bond acceptors (Lipinski definition) is 3. The lowest BCUT2D eigenvalue weighted by atomic mass is 10.1. The van der Waals surface area contributed by atoms with Gasteiger partial charge < -0.3 is 5.32 Å². The van der Waals surface area contributed by atoms with Crippen LogP contribution in [0.5, 0.6) is 0 Å². The van der Waals surface area contributed by atoms with Crippen LogP contribution in [0.2, 0.25) is 0 Å². The standard InChI is InChI=1S/C19H23BrN2O3S/c1-12-8-13(2)10-17(9-12)22(26(5,24)25)15(4)19(23)21-16-6-7-18(20)14(3)11-16/h6-11,15H,1-5H3,(H,21,23)/t15-/m1/s1. The summed E-state index contributed by atoms with van der Waals surface area (Å²) in [6, 6.07) is 10.0. The number of nitrogens with one attached hydrogen (secondary N) is 1. The summed E-state index contributed by atoms with van der Waals surface area (Å²) in [6.07, 6.45) is 1.11. The van der Waals surface area contributed by atoms with E-state index in [1.807, 2.05) is 39.0 Å². The van der Waals surface area contributed by atoms with Crippen molar-refractivity contribution in [1.29, 1.82) is 0 Å². The molecule has 7 heteroatoms. The fraction of sp³-hybridized carbons (Fsp3) is 0.316. The molecule has 0 radical (unpaired) electrons. The van der Waals surface area contributed by atoms with Crippen LogP contribution in [0.1, 0.15) is 23.6 Å². The van der Waals surface area contributed by atoms with Gasteiger partial charge in [-0.3, -0.25) is 9.10 Å². The molecule has 0 spiro atoms. The zero-order valence-corrected chi connectivity index (χ0v) is 17.9. The lowest BCUT2D eigenvalue weighted by Crippen LogP contribution is -2.45. The van der Waals surface area contributed by atoms with E-state index in [1.165, 1.54) is 0 Å². The first-order valence-electron chi connectivity index (χ1n) is 8.14. The summed E-state index contributed by atoms with van der Waals surface area (Å²) in [5.74, 6) is -0.392. The number of carbonyl (C=O) groups excluding carboxylic acids is 1. The van der Waals surface area contributed by atoms with Crippen molar-refractivity contribution in [1.82, 2.24) is 0 Å². The molecule has 0 bridgehead atoms. The van der Waals surface area contributed by atoms with E-state index >= 15 is 0 Å². The summed E-state index contributed by atoms with van der Waals surface area (Å²) in [5.41, 5.74) is 3.95. The van der Waals surface area contributed by atoms with Gasteiger partial charge in [-0.1, -0.05) is 22.0 Å². The number of nitrogens with zero attached hydrogens (tertiary/aromatic N) is 1. The maximum atomic E-state index is 12.7. The smallest absolute Gasteiger partial charge is 0.247 e. The van der Waals surface area contributed by atoms with Crippen molar-refractivity contribution in [2.75, 3.05) is 15.9 Å². The number of hydrogen-bond donors (Lipinski definition) is 1. The Hall–Kier alpha value is -1.86. The van der Waals surface area contributed by atoms with Gasteiger partial charge in [0.2, 0.25) is 15.9 Å². The molecule has 2 rings (SSSR count). The molecule has 0 heterocycles. The molecule has 0 aliphatic rings. The van der Waals surface area contributed by atoms with Gasteiger partial charge in [0.05, 0.1) is 11.9 Å². The second-order valence-electron chi connectivity index (χ2n) is 6.53. The van der Waals surface area contributed by atoms with Gasteiger partial charge in [-0.25, -0.2) is 8.42 Å².